The van der Waals surface area contributed by atoms with E-state index in [-0.39, 0.29) is 46.8 Å². The van der Waals surface area contributed by atoms with E-state index in [1.165, 1.54) is 0 Å². The first-order valence-corrected chi connectivity index (χ1v) is 14.1. The van der Waals surface area contributed by atoms with Crippen molar-refractivity contribution in [2.75, 3.05) is 0 Å². The minimum atomic E-state index is -3.51. The van der Waals surface area contributed by atoms with Crippen molar-refractivity contribution in [3.8, 4) is 0 Å². The van der Waals surface area contributed by atoms with Gasteiger partial charge in [-0.3, -0.25) is 4.57 Å². The van der Waals surface area contributed by atoms with E-state index in [1.54, 1.807) is 12.1 Å². The van der Waals surface area contributed by atoms with Crippen LogP contribution in [0.25, 0.3) is 11.2 Å². The molecule has 1 saturated heterocycles. The summed E-state index contributed by atoms with van der Waals surface area (Å²) in [6.45, 7) is 15.2. The molecule has 1 aliphatic heterocycles. The first-order valence-electron chi connectivity index (χ1n) is 11.7. The van der Waals surface area contributed by atoms with Gasteiger partial charge >= 0.3 is 7.60 Å². The van der Waals surface area contributed by atoms with Crippen LogP contribution in [0.1, 0.15) is 61.4 Å². The van der Waals surface area contributed by atoms with E-state index in [1.807, 2.05) is 52.2 Å². The van der Waals surface area contributed by atoms with Crippen LogP contribution in [0.4, 0.5) is 0 Å². The minimum Gasteiger partial charge on any atom is -0.344 e. The van der Waals surface area contributed by atoms with Crippen molar-refractivity contribution >= 4 is 42.0 Å². The number of imidazole rings is 1. The highest BCUT2D eigenvalue weighted by molar-refractivity contribution is 7.57. The fraction of sp³-hybridized carbons (Fsp3) is 0.696. The van der Waals surface area contributed by atoms with Gasteiger partial charge in [-0.15, -0.1) is 0 Å². The van der Waals surface area contributed by atoms with E-state index in [0.29, 0.717) is 11.2 Å². The third kappa shape index (κ3) is 5.06. The Morgan fingerprint density at radius 2 is 1.74 bits per heavy atom. The molecule has 35 heavy (non-hydrogen) atoms. The molecule has 2 aromatic rings. The van der Waals surface area contributed by atoms with Gasteiger partial charge in [0, 0.05) is 11.2 Å². The molecule has 0 radical (unpaired) electrons. The van der Waals surface area contributed by atoms with Crippen molar-refractivity contribution in [2.24, 2.45) is 11.3 Å². The molecule has 1 aliphatic carbocycles. The van der Waals surface area contributed by atoms with Crippen LogP contribution in [-0.4, -0.2) is 49.7 Å². The molecule has 194 valence electrons. The first-order chi connectivity index (χ1) is 16.2. The van der Waals surface area contributed by atoms with Gasteiger partial charge in [0.05, 0.1) is 30.7 Å². The van der Waals surface area contributed by atoms with Crippen molar-refractivity contribution in [1.82, 2.24) is 19.5 Å². The van der Waals surface area contributed by atoms with E-state index in [9.17, 15) is 4.57 Å². The Kier molecular flexibility index (Phi) is 7.21. The summed E-state index contributed by atoms with van der Waals surface area (Å²) in [4.78, 5) is 12.8. The minimum absolute atomic E-state index is 0.0376. The van der Waals surface area contributed by atoms with Crippen molar-refractivity contribution in [3.63, 3.8) is 0 Å². The number of halogens is 2. The summed E-state index contributed by atoms with van der Waals surface area (Å²) in [5.41, 5.74) is 0.391. The molecule has 5 atom stereocenters. The first kappa shape index (κ1) is 27.0. The van der Waals surface area contributed by atoms with E-state index in [0.717, 1.165) is 0 Å². The van der Waals surface area contributed by atoms with Crippen LogP contribution in [0.3, 0.4) is 0 Å². The van der Waals surface area contributed by atoms with E-state index in [2.05, 4.69) is 28.8 Å². The molecule has 0 amide bonds. The molecule has 0 aromatic carbocycles. The summed E-state index contributed by atoms with van der Waals surface area (Å²) in [5, 5.41) is 0.223. The molecule has 0 spiro atoms. The summed E-state index contributed by atoms with van der Waals surface area (Å²) in [7, 11) is -3.51. The van der Waals surface area contributed by atoms with Crippen LogP contribution >= 0.6 is 30.8 Å². The Bertz CT molecular complexity index is 1170. The molecule has 2 aromatic heterocycles. The second-order valence-electron chi connectivity index (χ2n) is 10.4. The highest BCUT2D eigenvalue weighted by Gasteiger charge is 2.63. The molecule has 0 N–H and O–H groups in total. The van der Waals surface area contributed by atoms with Gasteiger partial charge in [0.2, 0.25) is 5.28 Å². The highest BCUT2D eigenvalue weighted by atomic mass is 35.5. The number of hydrogen-bond acceptors (Lipinski definition) is 8. The Morgan fingerprint density at radius 1 is 1.11 bits per heavy atom. The van der Waals surface area contributed by atoms with E-state index >= 15 is 0 Å². The predicted octanol–water partition coefficient (Wildman–Crippen LogP) is 6.41. The maximum absolute atomic E-state index is 13.6. The average Bonchev–Trinajstić information content (AvgIpc) is 3.31. The Hall–Kier alpha value is -1.06. The van der Waals surface area contributed by atoms with Crippen molar-refractivity contribution in [3.05, 3.63) is 28.7 Å². The van der Waals surface area contributed by atoms with Gasteiger partial charge in [0.15, 0.2) is 16.6 Å². The maximum atomic E-state index is 13.6. The second-order valence-corrected chi connectivity index (χ2v) is 12.9. The topological polar surface area (TPSA) is 97.6 Å². The maximum Gasteiger partial charge on any atom is 0.354 e. The number of fused-ring (bicyclic) bond motifs is 2. The zero-order valence-corrected chi connectivity index (χ0v) is 23.6. The average molecular weight is 547 g/mol. The smallest absolute Gasteiger partial charge is 0.344 e. The van der Waals surface area contributed by atoms with Gasteiger partial charge in [0.25, 0.3) is 0 Å². The molecule has 4 rings (SSSR count). The number of rotatable bonds is 7. The lowest BCUT2D eigenvalue weighted by molar-refractivity contribution is -0.169. The lowest BCUT2D eigenvalue weighted by Gasteiger charge is -2.34. The van der Waals surface area contributed by atoms with Crippen LogP contribution in [0.2, 0.25) is 10.4 Å². The molecular weight excluding hydrogens is 514 g/mol. The summed E-state index contributed by atoms with van der Waals surface area (Å²) in [6.07, 6.45) is 2.37. The van der Waals surface area contributed by atoms with Gasteiger partial charge in [-0.2, -0.15) is 4.98 Å². The lowest BCUT2D eigenvalue weighted by atomic mass is 9.78. The normalized spacial score (nSPS) is 30.9. The molecule has 1 saturated carbocycles. The fourth-order valence-corrected chi connectivity index (χ4v) is 7.38. The zero-order chi connectivity index (χ0) is 25.9. The van der Waals surface area contributed by atoms with Crippen LogP contribution in [-0.2, 0) is 23.1 Å². The third-order valence-corrected chi connectivity index (χ3v) is 8.95. The predicted molar refractivity (Wildman–Crippen MR) is 135 cm³/mol. The Labute approximate surface area is 216 Å². The van der Waals surface area contributed by atoms with E-state index < -0.39 is 18.8 Å². The largest absolute Gasteiger partial charge is 0.354 e. The summed E-state index contributed by atoms with van der Waals surface area (Å²) in [6, 6.07) is -0.222. The van der Waals surface area contributed by atoms with Crippen LogP contribution in [0, 0.1) is 11.3 Å². The third-order valence-electron chi connectivity index (χ3n) is 6.58. The zero-order valence-electron chi connectivity index (χ0n) is 21.2. The molecule has 9 nitrogen and oxygen atoms in total. The molecule has 5 unspecified atom stereocenters. The summed E-state index contributed by atoms with van der Waals surface area (Å²) in [5.74, 6) is 0.705. The quantitative estimate of drug-likeness (QED) is 0.223. The van der Waals surface area contributed by atoms with Gasteiger partial charge in [-0.05, 0) is 59.1 Å². The molecular formula is C23H33Cl2N4O5P. The lowest BCUT2D eigenvalue weighted by Crippen LogP contribution is -2.35. The van der Waals surface area contributed by atoms with Crippen molar-refractivity contribution in [1.29, 1.82) is 0 Å². The molecule has 12 heteroatoms. The number of ether oxygens (including phenoxy) is 2. The molecule has 0 bridgehead atoms. The van der Waals surface area contributed by atoms with Gasteiger partial charge in [-0.1, -0.05) is 31.5 Å². The summed E-state index contributed by atoms with van der Waals surface area (Å²) >= 11 is 12.4. The van der Waals surface area contributed by atoms with Crippen molar-refractivity contribution in [2.45, 2.75) is 91.6 Å². The molecule has 2 fully saturated rings. The van der Waals surface area contributed by atoms with Gasteiger partial charge in [0.1, 0.15) is 11.6 Å². The number of aromatic nitrogens is 4. The van der Waals surface area contributed by atoms with Crippen LogP contribution in [0.15, 0.2) is 18.2 Å². The van der Waals surface area contributed by atoms with Gasteiger partial charge in [-0.25, -0.2) is 9.97 Å². The highest BCUT2D eigenvalue weighted by Crippen LogP contribution is 2.60. The van der Waals surface area contributed by atoms with Gasteiger partial charge < -0.3 is 23.1 Å². The molecule has 2 aliphatic rings. The molecule has 3 heterocycles. The van der Waals surface area contributed by atoms with Crippen molar-refractivity contribution < 1.29 is 23.1 Å². The summed E-state index contributed by atoms with van der Waals surface area (Å²) < 4.78 is 39.8. The fourth-order valence-electron chi connectivity index (χ4n) is 5.09. The SMILES string of the molecule is CC(C)OP(=O)(C=CC1(C)C(C)C(n2cnc3c(Cl)nc(Cl)nc32)C2OC(C)(C)OC21)OC(C)C. The number of hydrogen-bond donors (Lipinski definition) is 0. The number of nitrogens with zero attached hydrogens (tertiary/aromatic N) is 4. The van der Waals surface area contributed by atoms with Crippen LogP contribution in [0.5, 0.6) is 0 Å². The monoisotopic (exact) mass is 546 g/mol. The van der Waals surface area contributed by atoms with Crippen LogP contribution < -0.4 is 0 Å². The standard InChI is InChI=1S/C23H33Cl2N4O5P/c1-12(2)33-35(30,34-13(3)4)10-9-23(8)14(5)16(17-18(23)32-22(6,7)31-17)29-11-26-15-19(24)27-21(25)28-20(15)29/h9-14,16-18H,1-8H3. The second kappa shape index (κ2) is 9.35. The van der Waals surface area contributed by atoms with E-state index in [4.69, 9.17) is 41.7 Å². The Morgan fingerprint density at radius 3 is 2.34 bits per heavy atom. The Balaban J connectivity index is 1.79.